The summed E-state index contributed by atoms with van der Waals surface area (Å²) in [4.78, 5) is 13.5. The summed E-state index contributed by atoms with van der Waals surface area (Å²) in [5.41, 5.74) is 2.45. The minimum absolute atomic E-state index is 0.116. The van der Waals surface area contributed by atoms with Crippen molar-refractivity contribution in [2.45, 2.75) is 13.2 Å². The Labute approximate surface area is 179 Å². The Hall–Kier alpha value is -2.61. The fourth-order valence-electron chi connectivity index (χ4n) is 3.28. The number of hydrogen-bond acceptors (Lipinski definition) is 6. The fourth-order valence-corrected chi connectivity index (χ4v) is 4.48. The van der Waals surface area contributed by atoms with Gasteiger partial charge < -0.3 is 18.9 Å². The number of halogens is 1. The average Bonchev–Trinajstić information content (AvgIpc) is 3.34. The molecule has 5 rings (SSSR count). The van der Waals surface area contributed by atoms with Gasteiger partial charge in [0.2, 0.25) is 5.78 Å². The number of ketones is 1. The molecule has 0 aliphatic carbocycles. The minimum atomic E-state index is -0.116. The van der Waals surface area contributed by atoms with Gasteiger partial charge in [-0.1, -0.05) is 22.0 Å². The van der Waals surface area contributed by atoms with Crippen molar-refractivity contribution in [2.75, 3.05) is 6.79 Å². The number of benzene rings is 2. The van der Waals surface area contributed by atoms with E-state index >= 15 is 0 Å². The third-order valence-electron chi connectivity index (χ3n) is 4.60. The molecule has 0 saturated heterocycles. The number of ether oxygens (including phenoxy) is 4. The van der Waals surface area contributed by atoms with Crippen LogP contribution in [0.5, 0.6) is 17.2 Å². The lowest BCUT2D eigenvalue weighted by atomic mass is 10.1. The lowest BCUT2D eigenvalue weighted by Crippen LogP contribution is -2.14. The standard InChI is InChI=1S/C22H15BrO5S/c23-15-6-13-10-25-12-27-22(13)14(7-15)11-26-16-3-4-18-19(8-16)28-20(21(18)24)9-17-2-1-5-29-17/h1-9H,10-12H2/b20-9-. The van der Waals surface area contributed by atoms with Gasteiger partial charge in [-0.05, 0) is 35.7 Å². The largest absolute Gasteiger partial charge is 0.489 e. The quantitative estimate of drug-likeness (QED) is 0.466. The number of rotatable bonds is 4. The van der Waals surface area contributed by atoms with Gasteiger partial charge in [-0.3, -0.25) is 4.79 Å². The van der Waals surface area contributed by atoms with Gasteiger partial charge in [-0.25, -0.2) is 0 Å². The first-order chi connectivity index (χ1) is 14.2. The van der Waals surface area contributed by atoms with Gasteiger partial charge in [-0.15, -0.1) is 11.3 Å². The lowest BCUT2D eigenvalue weighted by Gasteiger charge is -2.21. The van der Waals surface area contributed by atoms with Crippen molar-refractivity contribution in [3.63, 3.8) is 0 Å². The van der Waals surface area contributed by atoms with Crippen molar-refractivity contribution in [3.05, 3.63) is 79.6 Å². The number of carbonyl (C=O) groups is 1. The molecule has 0 unspecified atom stereocenters. The molecule has 0 saturated carbocycles. The summed E-state index contributed by atoms with van der Waals surface area (Å²) in [5.74, 6) is 2.14. The second-order valence-electron chi connectivity index (χ2n) is 6.57. The predicted octanol–water partition coefficient (Wildman–Crippen LogP) is 5.57. The molecule has 3 heterocycles. The summed E-state index contributed by atoms with van der Waals surface area (Å²) in [7, 11) is 0. The second-order valence-corrected chi connectivity index (χ2v) is 8.46. The van der Waals surface area contributed by atoms with E-state index in [1.54, 1.807) is 35.6 Å². The van der Waals surface area contributed by atoms with Crippen molar-refractivity contribution < 1.29 is 23.7 Å². The molecule has 2 aromatic carbocycles. The Bertz CT molecular complexity index is 1120. The van der Waals surface area contributed by atoms with E-state index in [0.717, 1.165) is 26.2 Å². The number of fused-ring (bicyclic) bond motifs is 2. The van der Waals surface area contributed by atoms with Gasteiger partial charge in [-0.2, -0.15) is 0 Å². The van der Waals surface area contributed by atoms with E-state index in [1.807, 2.05) is 29.6 Å². The molecular formula is C22H15BrO5S. The lowest BCUT2D eigenvalue weighted by molar-refractivity contribution is -0.0176. The Morgan fingerprint density at radius 3 is 3.00 bits per heavy atom. The van der Waals surface area contributed by atoms with Gasteiger partial charge in [0.25, 0.3) is 0 Å². The van der Waals surface area contributed by atoms with Crippen LogP contribution >= 0.6 is 27.3 Å². The number of thiophene rings is 1. The molecule has 0 radical (unpaired) electrons. The molecule has 7 heteroatoms. The van der Waals surface area contributed by atoms with Gasteiger partial charge in [0.15, 0.2) is 12.6 Å². The molecular weight excluding hydrogens is 456 g/mol. The Balaban J connectivity index is 1.35. The number of allylic oxidation sites excluding steroid dienone is 1. The highest BCUT2D eigenvalue weighted by Crippen LogP contribution is 2.36. The summed E-state index contributed by atoms with van der Waals surface area (Å²) in [5, 5.41) is 1.96. The van der Waals surface area contributed by atoms with Crippen molar-refractivity contribution in [2.24, 2.45) is 0 Å². The predicted molar refractivity (Wildman–Crippen MR) is 112 cm³/mol. The van der Waals surface area contributed by atoms with E-state index in [4.69, 9.17) is 18.9 Å². The monoisotopic (exact) mass is 470 g/mol. The summed E-state index contributed by atoms with van der Waals surface area (Å²) in [6.07, 6.45) is 1.76. The van der Waals surface area contributed by atoms with Crippen LogP contribution in [0.3, 0.4) is 0 Å². The average molecular weight is 471 g/mol. The molecule has 1 aromatic heterocycles. The SMILES string of the molecule is O=C1/C(=C/c2cccs2)Oc2cc(OCc3cc(Br)cc4c3OCOC4)ccc21. The Morgan fingerprint density at radius 1 is 1.21 bits per heavy atom. The third kappa shape index (κ3) is 3.69. The van der Waals surface area contributed by atoms with Crippen LogP contribution in [0, 0.1) is 0 Å². The van der Waals surface area contributed by atoms with Crippen LogP contribution in [0.15, 0.2) is 58.1 Å². The fraction of sp³-hybridized carbons (Fsp3) is 0.136. The molecule has 29 heavy (non-hydrogen) atoms. The zero-order chi connectivity index (χ0) is 19.8. The van der Waals surface area contributed by atoms with Crippen LogP contribution in [-0.2, 0) is 18.0 Å². The minimum Gasteiger partial charge on any atom is -0.489 e. The number of carbonyl (C=O) groups excluding carboxylic acids is 1. The highest BCUT2D eigenvalue weighted by Gasteiger charge is 2.28. The molecule has 0 fully saturated rings. The van der Waals surface area contributed by atoms with Crippen LogP contribution in [0.4, 0.5) is 0 Å². The molecule has 2 aliphatic rings. The maximum atomic E-state index is 12.5. The van der Waals surface area contributed by atoms with Crippen molar-refractivity contribution in [1.29, 1.82) is 0 Å². The third-order valence-corrected chi connectivity index (χ3v) is 5.88. The Morgan fingerprint density at radius 2 is 2.14 bits per heavy atom. The summed E-state index contributed by atoms with van der Waals surface area (Å²) >= 11 is 5.07. The Kier molecular flexibility index (Phi) is 4.87. The van der Waals surface area contributed by atoms with E-state index in [9.17, 15) is 4.79 Å². The molecule has 0 bridgehead atoms. The summed E-state index contributed by atoms with van der Waals surface area (Å²) in [6, 6.07) is 13.1. The maximum absolute atomic E-state index is 12.5. The van der Waals surface area contributed by atoms with Gasteiger partial charge in [0.1, 0.15) is 23.9 Å². The van der Waals surface area contributed by atoms with E-state index in [1.165, 1.54) is 0 Å². The van der Waals surface area contributed by atoms with Crippen molar-refractivity contribution in [1.82, 2.24) is 0 Å². The second kappa shape index (κ2) is 7.67. The van der Waals surface area contributed by atoms with Gasteiger partial charge >= 0.3 is 0 Å². The first-order valence-electron chi connectivity index (χ1n) is 8.94. The van der Waals surface area contributed by atoms with E-state index < -0.39 is 0 Å². The molecule has 0 amide bonds. The van der Waals surface area contributed by atoms with Crippen LogP contribution in [-0.4, -0.2) is 12.6 Å². The van der Waals surface area contributed by atoms with Crippen LogP contribution < -0.4 is 14.2 Å². The molecule has 2 aliphatic heterocycles. The smallest absolute Gasteiger partial charge is 0.232 e. The first-order valence-corrected chi connectivity index (χ1v) is 10.6. The summed E-state index contributed by atoms with van der Waals surface area (Å²) in [6.45, 7) is 1.07. The van der Waals surface area contributed by atoms with Crippen LogP contribution in [0.2, 0.25) is 0 Å². The molecule has 146 valence electrons. The van der Waals surface area contributed by atoms with E-state index in [-0.39, 0.29) is 12.6 Å². The number of Topliss-reactive ketones (excluding diaryl/α,β-unsaturated/α-hetero) is 1. The van der Waals surface area contributed by atoms with Crippen molar-refractivity contribution >= 4 is 39.1 Å². The summed E-state index contributed by atoms with van der Waals surface area (Å²) < 4.78 is 23.7. The van der Waals surface area contributed by atoms with Crippen molar-refractivity contribution in [3.8, 4) is 17.2 Å². The van der Waals surface area contributed by atoms with Crippen LogP contribution in [0.1, 0.15) is 26.4 Å². The molecule has 5 nitrogen and oxygen atoms in total. The van der Waals surface area contributed by atoms with E-state index in [2.05, 4.69) is 15.9 Å². The van der Waals surface area contributed by atoms with Crippen LogP contribution in [0.25, 0.3) is 6.08 Å². The molecule has 0 atom stereocenters. The highest BCUT2D eigenvalue weighted by molar-refractivity contribution is 9.10. The number of hydrogen-bond donors (Lipinski definition) is 0. The maximum Gasteiger partial charge on any atom is 0.232 e. The van der Waals surface area contributed by atoms with Gasteiger partial charge in [0.05, 0.1) is 12.2 Å². The molecule has 3 aromatic rings. The molecule has 0 N–H and O–H groups in total. The zero-order valence-electron chi connectivity index (χ0n) is 15.1. The van der Waals surface area contributed by atoms with Gasteiger partial charge in [0, 0.05) is 32.6 Å². The first kappa shape index (κ1) is 18.4. The zero-order valence-corrected chi connectivity index (χ0v) is 17.5. The normalized spacial score (nSPS) is 16.2. The molecule has 0 spiro atoms. The van der Waals surface area contributed by atoms with E-state index in [0.29, 0.717) is 36.0 Å². The topological polar surface area (TPSA) is 54.0 Å². The highest BCUT2D eigenvalue weighted by atomic mass is 79.9.